The number of hydrogen-bond donors (Lipinski definition) is 1. The standard InChI is InChI=1S/C13H16N2OS/c1-10-7-11(9-14)8-13(15-10)16-5-4-12-3-2-6-17-12/h2-3,6-8H,4-5,9,14H2,1H3. The predicted molar refractivity (Wildman–Crippen MR) is 70.4 cm³/mol. The van der Waals surface area contributed by atoms with E-state index in [-0.39, 0.29) is 0 Å². The first-order valence-electron chi connectivity index (χ1n) is 5.61. The Morgan fingerprint density at radius 2 is 2.29 bits per heavy atom. The number of aromatic nitrogens is 1. The molecule has 0 amide bonds. The molecule has 0 saturated carbocycles. The maximum absolute atomic E-state index is 5.64. The Kier molecular flexibility index (Phi) is 4.12. The molecule has 0 aliphatic heterocycles. The molecular weight excluding hydrogens is 232 g/mol. The van der Waals surface area contributed by atoms with Crippen LogP contribution in [-0.4, -0.2) is 11.6 Å². The first-order valence-corrected chi connectivity index (χ1v) is 6.48. The lowest BCUT2D eigenvalue weighted by atomic mass is 10.2. The van der Waals surface area contributed by atoms with Gasteiger partial charge in [0.1, 0.15) is 0 Å². The number of hydrogen-bond acceptors (Lipinski definition) is 4. The molecule has 0 atom stereocenters. The van der Waals surface area contributed by atoms with Crippen LogP contribution in [0.3, 0.4) is 0 Å². The third-order valence-corrected chi connectivity index (χ3v) is 3.34. The van der Waals surface area contributed by atoms with Gasteiger partial charge in [-0.3, -0.25) is 0 Å². The first-order chi connectivity index (χ1) is 8.28. The monoisotopic (exact) mass is 248 g/mol. The molecule has 0 saturated heterocycles. The molecule has 3 nitrogen and oxygen atoms in total. The molecular formula is C13H16N2OS. The van der Waals surface area contributed by atoms with Gasteiger partial charge in [0, 0.05) is 29.6 Å². The molecule has 0 bridgehead atoms. The topological polar surface area (TPSA) is 48.1 Å². The van der Waals surface area contributed by atoms with Crippen LogP contribution in [0.5, 0.6) is 5.88 Å². The fourth-order valence-corrected chi connectivity index (χ4v) is 2.30. The molecule has 0 radical (unpaired) electrons. The zero-order chi connectivity index (χ0) is 12.1. The summed E-state index contributed by atoms with van der Waals surface area (Å²) >= 11 is 1.75. The molecule has 2 N–H and O–H groups in total. The summed E-state index contributed by atoms with van der Waals surface area (Å²) in [6.07, 6.45) is 0.922. The predicted octanol–water partition coefficient (Wildman–Crippen LogP) is 2.53. The van der Waals surface area contributed by atoms with Crippen LogP contribution in [0.2, 0.25) is 0 Å². The van der Waals surface area contributed by atoms with E-state index in [4.69, 9.17) is 10.5 Å². The van der Waals surface area contributed by atoms with E-state index >= 15 is 0 Å². The molecule has 2 heterocycles. The number of rotatable bonds is 5. The van der Waals surface area contributed by atoms with Crippen LogP contribution in [0.15, 0.2) is 29.6 Å². The number of pyridine rings is 1. The van der Waals surface area contributed by atoms with Crippen LogP contribution in [-0.2, 0) is 13.0 Å². The summed E-state index contributed by atoms with van der Waals surface area (Å²) in [5.41, 5.74) is 7.61. The number of ether oxygens (including phenoxy) is 1. The van der Waals surface area contributed by atoms with Gasteiger partial charge in [0.25, 0.3) is 0 Å². The van der Waals surface area contributed by atoms with Crippen LogP contribution in [0, 0.1) is 6.92 Å². The van der Waals surface area contributed by atoms with Gasteiger partial charge in [0.05, 0.1) is 6.61 Å². The highest BCUT2D eigenvalue weighted by Crippen LogP contribution is 2.14. The third kappa shape index (κ3) is 3.54. The van der Waals surface area contributed by atoms with Crippen molar-refractivity contribution in [3.8, 4) is 5.88 Å². The highest BCUT2D eigenvalue weighted by molar-refractivity contribution is 7.09. The Bertz CT molecular complexity index is 468. The summed E-state index contributed by atoms with van der Waals surface area (Å²) in [7, 11) is 0. The summed E-state index contributed by atoms with van der Waals surface area (Å²) in [5, 5.41) is 2.08. The van der Waals surface area contributed by atoms with Gasteiger partial charge in [0.15, 0.2) is 0 Å². The van der Waals surface area contributed by atoms with Crippen molar-refractivity contribution in [3.05, 3.63) is 45.8 Å². The molecule has 90 valence electrons. The van der Waals surface area contributed by atoms with Crippen LogP contribution in [0.1, 0.15) is 16.1 Å². The van der Waals surface area contributed by atoms with Crippen LogP contribution >= 0.6 is 11.3 Å². The lowest BCUT2D eigenvalue weighted by molar-refractivity contribution is 0.309. The molecule has 17 heavy (non-hydrogen) atoms. The van der Waals surface area contributed by atoms with Crippen LogP contribution < -0.4 is 10.5 Å². The fourth-order valence-electron chi connectivity index (χ4n) is 1.61. The smallest absolute Gasteiger partial charge is 0.213 e. The Morgan fingerprint density at radius 1 is 1.41 bits per heavy atom. The summed E-state index contributed by atoms with van der Waals surface area (Å²) in [6.45, 7) is 3.12. The van der Waals surface area contributed by atoms with Crippen molar-refractivity contribution in [2.75, 3.05) is 6.61 Å². The van der Waals surface area contributed by atoms with Crippen molar-refractivity contribution in [1.82, 2.24) is 4.98 Å². The highest BCUT2D eigenvalue weighted by atomic mass is 32.1. The minimum atomic E-state index is 0.518. The largest absolute Gasteiger partial charge is 0.477 e. The third-order valence-electron chi connectivity index (χ3n) is 2.40. The molecule has 0 aliphatic carbocycles. The van der Waals surface area contributed by atoms with Crippen molar-refractivity contribution in [3.63, 3.8) is 0 Å². The maximum atomic E-state index is 5.64. The molecule has 2 rings (SSSR count). The van der Waals surface area contributed by atoms with E-state index in [1.807, 2.05) is 19.1 Å². The van der Waals surface area contributed by atoms with Crippen LogP contribution in [0.25, 0.3) is 0 Å². The number of nitrogens with two attached hydrogens (primary N) is 1. The summed E-state index contributed by atoms with van der Waals surface area (Å²) in [4.78, 5) is 5.66. The van der Waals surface area contributed by atoms with Crippen molar-refractivity contribution in [1.29, 1.82) is 0 Å². The van der Waals surface area contributed by atoms with Gasteiger partial charge in [0.2, 0.25) is 5.88 Å². The lowest BCUT2D eigenvalue weighted by Gasteiger charge is -2.07. The Balaban J connectivity index is 1.92. The van der Waals surface area contributed by atoms with E-state index in [0.717, 1.165) is 17.7 Å². The zero-order valence-electron chi connectivity index (χ0n) is 9.85. The quantitative estimate of drug-likeness (QED) is 0.884. The van der Waals surface area contributed by atoms with Gasteiger partial charge in [-0.25, -0.2) is 4.98 Å². The van der Waals surface area contributed by atoms with E-state index in [9.17, 15) is 0 Å². The Hall–Kier alpha value is -1.39. The normalized spacial score (nSPS) is 10.5. The van der Waals surface area contributed by atoms with Gasteiger partial charge in [-0.05, 0) is 30.0 Å². The van der Waals surface area contributed by atoms with E-state index in [1.165, 1.54) is 4.88 Å². The van der Waals surface area contributed by atoms with E-state index in [1.54, 1.807) is 11.3 Å². The van der Waals surface area contributed by atoms with Crippen molar-refractivity contribution in [2.45, 2.75) is 19.9 Å². The average Bonchev–Trinajstić information content (AvgIpc) is 2.81. The summed E-state index contributed by atoms with van der Waals surface area (Å²) in [5.74, 6) is 0.669. The van der Waals surface area contributed by atoms with Crippen molar-refractivity contribution < 1.29 is 4.74 Å². The van der Waals surface area contributed by atoms with Gasteiger partial charge >= 0.3 is 0 Å². The van der Waals surface area contributed by atoms with Crippen LogP contribution in [0.4, 0.5) is 0 Å². The number of thiophene rings is 1. The first kappa shape index (κ1) is 12.1. The summed E-state index contributed by atoms with van der Waals surface area (Å²) in [6, 6.07) is 8.05. The van der Waals surface area contributed by atoms with Gasteiger partial charge < -0.3 is 10.5 Å². The molecule has 0 aromatic carbocycles. The van der Waals surface area contributed by atoms with Gasteiger partial charge in [-0.1, -0.05) is 6.07 Å². The molecule has 4 heteroatoms. The van der Waals surface area contributed by atoms with E-state index < -0.39 is 0 Å². The Morgan fingerprint density at radius 3 is 3.00 bits per heavy atom. The SMILES string of the molecule is Cc1cc(CN)cc(OCCc2cccs2)n1. The maximum Gasteiger partial charge on any atom is 0.213 e. The van der Waals surface area contributed by atoms with Gasteiger partial charge in [-0.15, -0.1) is 11.3 Å². The van der Waals surface area contributed by atoms with Gasteiger partial charge in [-0.2, -0.15) is 0 Å². The minimum absolute atomic E-state index is 0.518. The van der Waals surface area contributed by atoms with E-state index in [2.05, 4.69) is 22.5 Å². The molecule has 2 aromatic rings. The molecule has 0 spiro atoms. The molecule has 0 aliphatic rings. The molecule has 2 aromatic heterocycles. The zero-order valence-corrected chi connectivity index (χ0v) is 10.7. The Labute approximate surface area is 105 Å². The van der Waals surface area contributed by atoms with Crippen molar-refractivity contribution >= 4 is 11.3 Å². The fraction of sp³-hybridized carbons (Fsp3) is 0.308. The van der Waals surface area contributed by atoms with E-state index in [0.29, 0.717) is 19.0 Å². The number of aryl methyl sites for hydroxylation is 1. The second-order valence-electron chi connectivity index (χ2n) is 3.84. The van der Waals surface area contributed by atoms with Crippen molar-refractivity contribution in [2.24, 2.45) is 5.73 Å². The second-order valence-corrected chi connectivity index (χ2v) is 4.87. The lowest BCUT2D eigenvalue weighted by Crippen LogP contribution is -2.04. The number of nitrogens with zero attached hydrogens (tertiary/aromatic N) is 1. The molecule has 0 unspecified atom stereocenters. The average molecular weight is 248 g/mol. The second kappa shape index (κ2) is 5.80. The summed E-state index contributed by atoms with van der Waals surface area (Å²) < 4.78 is 5.64. The molecule has 0 fully saturated rings. The minimum Gasteiger partial charge on any atom is -0.477 e. The highest BCUT2D eigenvalue weighted by Gasteiger charge is 2.01.